The normalized spacial score (nSPS) is 56.5. The molecule has 0 spiro atoms. The Morgan fingerprint density at radius 1 is 1.15 bits per heavy atom. The fraction of sp³-hybridized carbons (Fsp3) is 0.833. The van der Waals surface area contributed by atoms with Gasteiger partial charge in [-0.1, -0.05) is 25.5 Å². The molecule has 0 aromatic carbocycles. The van der Waals surface area contributed by atoms with Gasteiger partial charge in [-0.2, -0.15) is 0 Å². The fourth-order valence-electron chi connectivity index (χ4n) is 4.36. The molecule has 0 amide bonds. The molecule has 13 heavy (non-hydrogen) atoms. The molecule has 0 aromatic heterocycles. The molecule has 0 radical (unpaired) electrons. The molecule has 2 saturated carbocycles. The Morgan fingerprint density at radius 3 is 2.31 bits per heavy atom. The predicted octanol–water partition coefficient (Wildman–Crippen LogP) is 2.07. The zero-order valence-electron chi connectivity index (χ0n) is 8.19. The van der Waals surface area contributed by atoms with E-state index in [1.54, 1.807) is 0 Å². The van der Waals surface area contributed by atoms with E-state index >= 15 is 0 Å². The Morgan fingerprint density at radius 2 is 1.77 bits per heavy atom. The van der Waals surface area contributed by atoms with E-state index < -0.39 is 0 Å². The molecule has 0 aliphatic heterocycles. The van der Waals surface area contributed by atoms with Crippen LogP contribution < -0.4 is 0 Å². The van der Waals surface area contributed by atoms with Crippen LogP contribution in [0.5, 0.6) is 0 Å². The van der Waals surface area contributed by atoms with Gasteiger partial charge in [0.2, 0.25) is 0 Å². The van der Waals surface area contributed by atoms with Crippen molar-refractivity contribution in [3.8, 4) is 0 Å². The van der Waals surface area contributed by atoms with Crippen LogP contribution in [0.25, 0.3) is 0 Å². The van der Waals surface area contributed by atoms with Gasteiger partial charge in [-0.15, -0.1) is 0 Å². The van der Waals surface area contributed by atoms with E-state index in [0.29, 0.717) is 12.5 Å². The van der Waals surface area contributed by atoms with Crippen LogP contribution in [0.15, 0.2) is 12.2 Å². The van der Waals surface area contributed by atoms with E-state index in [1.807, 2.05) is 0 Å². The zero-order chi connectivity index (χ0) is 9.00. The van der Waals surface area contributed by atoms with Crippen molar-refractivity contribution in [2.45, 2.75) is 19.8 Å². The fourth-order valence-corrected chi connectivity index (χ4v) is 4.36. The Balaban J connectivity index is 1.86. The molecular weight excluding hydrogens is 160 g/mol. The topological polar surface area (TPSA) is 20.2 Å². The lowest BCUT2D eigenvalue weighted by atomic mass is 9.53. The summed E-state index contributed by atoms with van der Waals surface area (Å²) in [5.74, 6) is 4.96. The van der Waals surface area contributed by atoms with Gasteiger partial charge in [0, 0.05) is 6.61 Å². The predicted molar refractivity (Wildman–Crippen MR) is 52.1 cm³/mol. The van der Waals surface area contributed by atoms with Crippen LogP contribution in [0.4, 0.5) is 0 Å². The minimum Gasteiger partial charge on any atom is -0.396 e. The molecule has 2 bridgehead atoms. The molecule has 1 N–H and O–H groups in total. The van der Waals surface area contributed by atoms with Crippen molar-refractivity contribution in [2.75, 3.05) is 6.61 Å². The van der Waals surface area contributed by atoms with Gasteiger partial charge in [-0.25, -0.2) is 0 Å². The minimum atomic E-state index is 0.427. The van der Waals surface area contributed by atoms with Crippen molar-refractivity contribution in [3.63, 3.8) is 0 Å². The Labute approximate surface area is 79.8 Å². The summed E-state index contributed by atoms with van der Waals surface area (Å²) in [6, 6.07) is 0. The molecule has 1 heteroatoms. The summed E-state index contributed by atoms with van der Waals surface area (Å²) in [4.78, 5) is 0. The first-order chi connectivity index (χ1) is 6.36. The summed E-state index contributed by atoms with van der Waals surface area (Å²) in [5, 5.41) is 9.34. The smallest absolute Gasteiger partial charge is 0.0464 e. The first kappa shape index (κ1) is 8.05. The highest BCUT2D eigenvalue weighted by Gasteiger charge is 2.59. The van der Waals surface area contributed by atoms with E-state index in [1.165, 1.54) is 12.8 Å². The molecule has 6 atom stereocenters. The van der Waals surface area contributed by atoms with Crippen LogP contribution in [0.2, 0.25) is 0 Å². The van der Waals surface area contributed by atoms with Crippen LogP contribution in [0.3, 0.4) is 0 Å². The Bertz CT molecular complexity index is 222. The van der Waals surface area contributed by atoms with Crippen molar-refractivity contribution in [1.82, 2.24) is 0 Å². The lowest BCUT2D eigenvalue weighted by molar-refractivity contribution is -0.0624. The maximum Gasteiger partial charge on any atom is 0.0464 e. The first-order valence-electron chi connectivity index (χ1n) is 5.66. The van der Waals surface area contributed by atoms with E-state index in [4.69, 9.17) is 0 Å². The summed E-state index contributed by atoms with van der Waals surface area (Å²) in [5.41, 5.74) is 0. The number of aliphatic hydroxyl groups is 1. The lowest BCUT2D eigenvalue weighted by Crippen LogP contribution is -2.50. The lowest BCUT2D eigenvalue weighted by Gasteiger charge is -2.52. The average Bonchev–Trinajstić information content (AvgIpc) is 2.63. The number of allylic oxidation sites excluding steroid dienone is 2. The van der Waals surface area contributed by atoms with Gasteiger partial charge in [0.05, 0.1) is 0 Å². The van der Waals surface area contributed by atoms with Crippen LogP contribution in [0.1, 0.15) is 19.8 Å². The largest absolute Gasteiger partial charge is 0.396 e. The minimum absolute atomic E-state index is 0.427. The molecule has 2 fully saturated rings. The second kappa shape index (κ2) is 2.60. The molecule has 3 rings (SSSR count). The number of hydrogen-bond acceptors (Lipinski definition) is 1. The Hall–Kier alpha value is -0.300. The maximum atomic E-state index is 9.34. The summed E-state index contributed by atoms with van der Waals surface area (Å²) >= 11 is 0. The van der Waals surface area contributed by atoms with Gasteiger partial charge < -0.3 is 5.11 Å². The van der Waals surface area contributed by atoms with Crippen LogP contribution >= 0.6 is 0 Å². The van der Waals surface area contributed by atoms with E-state index in [9.17, 15) is 5.11 Å². The highest BCUT2D eigenvalue weighted by atomic mass is 16.3. The van der Waals surface area contributed by atoms with E-state index in [2.05, 4.69) is 19.1 Å². The second-order valence-corrected chi connectivity index (χ2v) is 5.02. The van der Waals surface area contributed by atoms with Gasteiger partial charge in [0.25, 0.3) is 0 Å². The molecule has 0 saturated heterocycles. The summed E-state index contributed by atoms with van der Waals surface area (Å²) in [6.45, 7) is 2.70. The Kier molecular flexibility index (Phi) is 1.61. The van der Waals surface area contributed by atoms with E-state index in [0.717, 1.165) is 29.6 Å². The maximum absolute atomic E-state index is 9.34. The molecule has 72 valence electrons. The number of aliphatic hydroxyl groups excluding tert-OH is 1. The standard InChI is InChI=1S/C12H18O/c1-2-9-10(6-13)12-8-4-3-7(5-8)11(9)12/h3-4,7-13H,2,5-6H2,1H3. The van der Waals surface area contributed by atoms with Crippen molar-refractivity contribution >= 4 is 0 Å². The number of rotatable bonds is 2. The highest BCUT2D eigenvalue weighted by molar-refractivity contribution is 5.20. The second-order valence-electron chi connectivity index (χ2n) is 5.02. The van der Waals surface area contributed by atoms with Gasteiger partial charge in [0.15, 0.2) is 0 Å². The third-order valence-corrected chi connectivity index (χ3v) is 4.80. The quantitative estimate of drug-likeness (QED) is 0.642. The number of hydrogen-bond donors (Lipinski definition) is 1. The molecule has 3 aliphatic rings. The molecule has 0 heterocycles. The monoisotopic (exact) mass is 178 g/mol. The van der Waals surface area contributed by atoms with Crippen molar-refractivity contribution in [2.24, 2.45) is 35.5 Å². The SMILES string of the molecule is CCC1C(CO)C2C3C=CC(C3)C12. The van der Waals surface area contributed by atoms with Crippen molar-refractivity contribution < 1.29 is 5.11 Å². The van der Waals surface area contributed by atoms with Gasteiger partial charge in [-0.3, -0.25) is 0 Å². The van der Waals surface area contributed by atoms with Crippen LogP contribution in [-0.4, -0.2) is 11.7 Å². The van der Waals surface area contributed by atoms with Gasteiger partial charge in [-0.05, 0) is 41.9 Å². The van der Waals surface area contributed by atoms with Crippen molar-refractivity contribution in [1.29, 1.82) is 0 Å². The molecule has 0 aromatic rings. The van der Waals surface area contributed by atoms with Gasteiger partial charge in [0.1, 0.15) is 0 Å². The van der Waals surface area contributed by atoms with Crippen LogP contribution in [0, 0.1) is 35.5 Å². The zero-order valence-corrected chi connectivity index (χ0v) is 8.19. The van der Waals surface area contributed by atoms with E-state index in [-0.39, 0.29) is 0 Å². The number of fused-ring (bicyclic) bond motifs is 5. The third kappa shape index (κ3) is 0.817. The molecule has 3 aliphatic carbocycles. The summed E-state index contributed by atoms with van der Waals surface area (Å²) in [6.07, 6.45) is 7.49. The highest BCUT2D eigenvalue weighted by Crippen LogP contribution is 2.64. The average molecular weight is 178 g/mol. The molecule has 6 unspecified atom stereocenters. The van der Waals surface area contributed by atoms with Crippen LogP contribution in [-0.2, 0) is 0 Å². The first-order valence-corrected chi connectivity index (χ1v) is 5.66. The van der Waals surface area contributed by atoms with Crippen molar-refractivity contribution in [3.05, 3.63) is 12.2 Å². The summed E-state index contributed by atoms with van der Waals surface area (Å²) < 4.78 is 0. The third-order valence-electron chi connectivity index (χ3n) is 4.80. The molecule has 1 nitrogen and oxygen atoms in total. The molecular formula is C12H18O. The summed E-state index contributed by atoms with van der Waals surface area (Å²) in [7, 11) is 0. The van der Waals surface area contributed by atoms with Gasteiger partial charge >= 0.3 is 0 Å².